The smallest absolute Gasteiger partial charge is 0.143 e. The topological polar surface area (TPSA) is 13.1 Å². The Morgan fingerprint density at radius 3 is 1.51 bits per heavy atom. The Hall–Kier alpha value is -6.18. The van der Waals surface area contributed by atoms with Gasteiger partial charge in [0.1, 0.15) is 11.2 Å². The SMILES string of the molecule is [2H]c1c([2H])c([2H])c(-c2c([2H])c([2H])c3c(-c4c([2H])c([2H])c([2H])c([2H])c4[2H])c4c([2H])c([2H])c([2H])c([2H])c4c(-c4c([2H])c([2H])c5oc6c7c([2H])c([2H])c([2H])c([2H])c7c7c([2H])c([2H])c([2H])c([2H])c7c6c5c4[2H])c3c2[2H])c([2H])c1[2H]. The van der Waals surface area contributed by atoms with Crippen molar-refractivity contribution in [3.63, 3.8) is 0 Å². The molecule has 0 radical (unpaired) electrons. The lowest BCUT2D eigenvalue weighted by Gasteiger charge is -2.19. The van der Waals surface area contributed by atoms with Gasteiger partial charge in [-0.3, -0.25) is 0 Å². The molecule has 9 aromatic carbocycles. The van der Waals surface area contributed by atoms with E-state index in [9.17, 15) is 12.3 Å². The van der Waals surface area contributed by atoms with Crippen molar-refractivity contribution in [3.8, 4) is 33.4 Å². The quantitative estimate of drug-likeness (QED) is 0.141. The van der Waals surface area contributed by atoms with E-state index in [1.54, 1.807) is 0 Å². The van der Waals surface area contributed by atoms with Crippen molar-refractivity contribution in [1.29, 1.82) is 0 Å². The van der Waals surface area contributed by atoms with Crippen LogP contribution in [0.2, 0.25) is 0 Å². The Morgan fingerprint density at radius 2 is 0.809 bits per heavy atom. The summed E-state index contributed by atoms with van der Waals surface area (Å²) in [6.07, 6.45) is 0. The fraction of sp³-hybridized carbons (Fsp3) is 0. The lowest BCUT2D eigenvalue weighted by atomic mass is 9.84. The number of benzene rings is 9. The zero-order chi connectivity index (χ0) is 55.3. The van der Waals surface area contributed by atoms with Crippen molar-refractivity contribution < 1.29 is 42.8 Å². The van der Waals surface area contributed by atoms with Crippen molar-refractivity contribution in [3.05, 3.63) is 169 Å². The molecule has 10 aromatic rings. The molecule has 1 heteroatoms. The molecule has 1 aromatic heterocycles. The molecule has 0 unspecified atom stereocenters. The predicted octanol–water partition coefficient (Wildman–Crippen LogP) is 13.2. The summed E-state index contributed by atoms with van der Waals surface area (Å²) >= 11 is 0. The van der Waals surface area contributed by atoms with E-state index in [0.717, 1.165) is 0 Å². The van der Waals surface area contributed by atoms with Crippen LogP contribution in [0.1, 0.15) is 38.4 Å². The van der Waals surface area contributed by atoms with Gasteiger partial charge < -0.3 is 4.42 Å². The summed E-state index contributed by atoms with van der Waals surface area (Å²) in [5.74, 6) is 0. The largest absolute Gasteiger partial charge is 0.455 e. The number of fused-ring (bicyclic) bond motifs is 10. The molecule has 0 saturated carbocycles. The number of furan rings is 1. The van der Waals surface area contributed by atoms with Gasteiger partial charge in [0.2, 0.25) is 0 Å². The van der Waals surface area contributed by atoms with Crippen molar-refractivity contribution in [2.45, 2.75) is 0 Å². The van der Waals surface area contributed by atoms with Crippen LogP contribution in [0.4, 0.5) is 0 Å². The lowest BCUT2D eigenvalue weighted by Crippen LogP contribution is -1.91. The molecule has 0 aliphatic carbocycles. The average Bonchev–Trinajstić information content (AvgIpc) is 3.79. The van der Waals surface area contributed by atoms with Gasteiger partial charge in [0, 0.05) is 16.2 Å². The molecule has 1 nitrogen and oxygen atoms in total. The summed E-state index contributed by atoms with van der Waals surface area (Å²) in [5, 5.41) is -6.08. The number of rotatable bonds is 3. The fourth-order valence-corrected chi connectivity index (χ4v) is 5.91. The molecular formula is C46H28O. The van der Waals surface area contributed by atoms with E-state index in [1.165, 1.54) is 0 Å². The molecule has 0 amide bonds. The van der Waals surface area contributed by atoms with Crippen LogP contribution in [-0.2, 0) is 0 Å². The minimum atomic E-state index is -1.08. The van der Waals surface area contributed by atoms with E-state index in [-0.39, 0.29) is 0 Å². The first-order chi connectivity index (χ1) is 35.0. The van der Waals surface area contributed by atoms with E-state index >= 15 is 0 Å². The maximum absolute atomic E-state index is 10.2. The molecule has 10 rings (SSSR count). The molecule has 0 aliphatic heterocycles. The highest BCUT2D eigenvalue weighted by molar-refractivity contribution is 6.31. The van der Waals surface area contributed by atoms with E-state index < -0.39 is 268 Å². The Balaban J connectivity index is 1.60. The maximum Gasteiger partial charge on any atom is 0.143 e. The normalized spacial score (nSPS) is 20.2. The van der Waals surface area contributed by atoms with E-state index in [2.05, 4.69) is 0 Å². The van der Waals surface area contributed by atoms with Crippen molar-refractivity contribution in [2.75, 3.05) is 0 Å². The molecule has 1 heterocycles. The predicted molar refractivity (Wildman–Crippen MR) is 200 cm³/mol. The van der Waals surface area contributed by atoms with E-state index in [0.29, 0.717) is 0 Å². The third kappa shape index (κ3) is 3.90. The minimum Gasteiger partial charge on any atom is -0.455 e. The third-order valence-corrected chi connectivity index (χ3v) is 7.81. The molecular weight excluding hydrogens is 569 g/mol. The van der Waals surface area contributed by atoms with Gasteiger partial charge in [-0.05, 0) is 89.2 Å². The van der Waals surface area contributed by atoms with Gasteiger partial charge in [-0.25, -0.2) is 0 Å². The highest BCUT2D eigenvalue weighted by atomic mass is 16.3. The second kappa shape index (κ2) is 10.2. The summed E-state index contributed by atoms with van der Waals surface area (Å²) in [7, 11) is 0. The summed E-state index contributed by atoms with van der Waals surface area (Å²) in [5.41, 5.74) is -6.16. The molecule has 0 fully saturated rings. The Bertz CT molecular complexity index is 4390. The third-order valence-electron chi connectivity index (χ3n) is 7.81. The standard InChI is InChI=1S/C46H28O/c1-3-13-29(14-4-1)31-23-25-38-40(27-31)44(37-21-11-10-20-36(37)43(38)30-15-5-2-6-16-30)32-24-26-42-41(28-32)45-35-19-9-7-17-33(35)34-18-8-12-22-39(34)46(45)47-42/h1-28H/i1D,2D,3D,4D,5D,6D,7D,8D,9D,10D,11D,12D,13D,14D,15D,16D,17D,18D,19D,20D,21D,22D,23D,24D,25D,26D,27D,28D. The van der Waals surface area contributed by atoms with Gasteiger partial charge in [0.05, 0.1) is 38.4 Å². The molecule has 0 aliphatic rings. The molecule has 0 N–H and O–H groups in total. The monoisotopic (exact) mass is 624 g/mol. The van der Waals surface area contributed by atoms with Gasteiger partial charge in [-0.2, -0.15) is 0 Å². The van der Waals surface area contributed by atoms with E-state index in [1.807, 2.05) is 0 Å². The van der Waals surface area contributed by atoms with Crippen molar-refractivity contribution in [1.82, 2.24) is 0 Å². The van der Waals surface area contributed by atoms with Gasteiger partial charge in [0.25, 0.3) is 0 Å². The Morgan fingerprint density at radius 1 is 0.319 bits per heavy atom. The van der Waals surface area contributed by atoms with Gasteiger partial charge >= 0.3 is 0 Å². The van der Waals surface area contributed by atoms with Gasteiger partial charge in [-0.1, -0.05) is 151 Å². The summed E-state index contributed by atoms with van der Waals surface area (Å²) in [6.45, 7) is 0. The first-order valence-electron chi connectivity index (χ1n) is 27.9. The number of hydrogen-bond acceptors (Lipinski definition) is 1. The highest BCUT2D eigenvalue weighted by Gasteiger charge is 2.20. The van der Waals surface area contributed by atoms with Crippen LogP contribution in [0.15, 0.2) is 174 Å². The second-order valence-electron chi connectivity index (χ2n) is 10.3. The molecule has 0 bridgehead atoms. The summed E-state index contributed by atoms with van der Waals surface area (Å²) < 4.78 is 259. The lowest BCUT2D eigenvalue weighted by molar-refractivity contribution is 0.673. The number of hydrogen-bond donors (Lipinski definition) is 0. The second-order valence-corrected chi connectivity index (χ2v) is 10.3. The minimum absolute atomic E-state index is 0.441. The van der Waals surface area contributed by atoms with Gasteiger partial charge in [-0.15, -0.1) is 0 Å². The zero-order valence-corrected chi connectivity index (χ0v) is 23.4. The maximum atomic E-state index is 10.2. The summed E-state index contributed by atoms with van der Waals surface area (Å²) in [6, 6.07) is -26.4. The zero-order valence-electron chi connectivity index (χ0n) is 51.4. The van der Waals surface area contributed by atoms with Crippen LogP contribution < -0.4 is 0 Å². The van der Waals surface area contributed by atoms with Crippen LogP contribution in [0.25, 0.3) is 98.4 Å². The van der Waals surface area contributed by atoms with Crippen molar-refractivity contribution in [2.24, 2.45) is 0 Å². The summed E-state index contributed by atoms with van der Waals surface area (Å²) in [4.78, 5) is 0. The van der Waals surface area contributed by atoms with Crippen LogP contribution in [-0.4, -0.2) is 0 Å². The molecule has 0 atom stereocenters. The molecule has 0 saturated heterocycles. The van der Waals surface area contributed by atoms with Crippen LogP contribution in [0.5, 0.6) is 0 Å². The van der Waals surface area contributed by atoms with E-state index in [4.69, 9.17) is 30.5 Å². The molecule has 0 spiro atoms. The fourth-order valence-electron chi connectivity index (χ4n) is 5.91. The first-order valence-corrected chi connectivity index (χ1v) is 13.9. The van der Waals surface area contributed by atoms with Gasteiger partial charge in [0.15, 0.2) is 0 Å². The van der Waals surface area contributed by atoms with Crippen molar-refractivity contribution >= 4 is 65.0 Å². The average molecular weight is 625 g/mol. The molecule has 47 heavy (non-hydrogen) atoms. The van der Waals surface area contributed by atoms with Crippen LogP contribution in [0, 0.1) is 0 Å². The van der Waals surface area contributed by atoms with Crippen LogP contribution >= 0.6 is 0 Å². The molecule has 218 valence electrons. The Kier molecular flexibility index (Phi) is 2.31. The highest BCUT2D eigenvalue weighted by Crippen LogP contribution is 2.47. The Labute approximate surface area is 311 Å². The first kappa shape index (κ1) is 10.7. The van der Waals surface area contributed by atoms with Crippen LogP contribution in [0.3, 0.4) is 0 Å².